The van der Waals surface area contributed by atoms with Crippen molar-refractivity contribution in [1.29, 1.82) is 0 Å². The third-order valence-corrected chi connectivity index (χ3v) is 4.74. The Hall–Kier alpha value is -3.45. The molecule has 0 spiro atoms. The molecule has 0 unspecified atom stereocenters. The third-order valence-electron chi connectivity index (χ3n) is 4.49. The molecular formula is C21H19ClN4O3. The number of hydrazone groups is 1. The number of hydrogen-bond acceptors (Lipinski definition) is 4. The predicted octanol–water partition coefficient (Wildman–Crippen LogP) is 4.35. The van der Waals surface area contributed by atoms with Gasteiger partial charge in [-0.25, -0.2) is 5.43 Å². The van der Waals surface area contributed by atoms with Gasteiger partial charge >= 0.3 is 0 Å². The zero-order valence-corrected chi connectivity index (χ0v) is 16.7. The number of carbonyl (C=O) groups excluding carboxylic acids is 1. The fourth-order valence-corrected chi connectivity index (χ4v) is 3.26. The highest BCUT2D eigenvalue weighted by Crippen LogP contribution is 2.21. The van der Waals surface area contributed by atoms with E-state index in [4.69, 9.17) is 11.6 Å². The van der Waals surface area contributed by atoms with Gasteiger partial charge in [-0.15, -0.1) is 0 Å². The number of benzene rings is 2. The fraction of sp³-hybridized carbons (Fsp3) is 0.143. The first-order valence-corrected chi connectivity index (χ1v) is 9.23. The van der Waals surface area contributed by atoms with Gasteiger partial charge in [0, 0.05) is 39.3 Å². The summed E-state index contributed by atoms with van der Waals surface area (Å²) in [4.78, 5) is 22.7. The summed E-state index contributed by atoms with van der Waals surface area (Å²) in [5.74, 6) is -0.429. The van der Waals surface area contributed by atoms with E-state index in [0.29, 0.717) is 10.6 Å². The molecule has 8 heteroatoms. The van der Waals surface area contributed by atoms with Gasteiger partial charge in [-0.3, -0.25) is 14.9 Å². The Balaban J connectivity index is 1.71. The van der Waals surface area contributed by atoms with Gasteiger partial charge in [0.15, 0.2) is 0 Å². The van der Waals surface area contributed by atoms with E-state index >= 15 is 0 Å². The highest BCUT2D eigenvalue weighted by molar-refractivity contribution is 6.30. The molecular weight excluding hydrogens is 392 g/mol. The van der Waals surface area contributed by atoms with E-state index in [2.05, 4.69) is 15.1 Å². The number of para-hydroxylation sites is 1. The maximum Gasteiger partial charge on any atom is 0.273 e. The number of nitrogens with one attached hydrogen (secondary N) is 1. The maximum atomic E-state index is 12.1. The van der Waals surface area contributed by atoms with Crippen LogP contribution in [0.15, 0.2) is 59.7 Å². The molecule has 0 bridgehead atoms. The van der Waals surface area contributed by atoms with E-state index in [0.717, 1.165) is 22.6 Å². The van der Waals surface area contributed by atoms with Crippen molar-refractivity contribution in [3.63, 3.8) is 0 Å². The van der Waals surface area contributed by atoms with Crippen molar-refractivity contribution in [2.75, 3.05) is 0 Å². The number of nitrogens with zero attached hydrogens (tertiary/aromatic N) is 3. The second-order valence-electron chi connectivity index (χ2n) is 6.49. The third kappa shape index (κ3) is 4.70. The molecule has 0 saturated carbocycles. The molecule has 0 fully saturated rings. The molecule has 3 aromatic rings. The Morgan fingerprint density at radius 3 is 2.59 bits per heavy atom. The first-order chi connectivity index (χ1) is 13.9. The number of aromatic nitrogens is 1. The van der Waals surface area contributed by atoms with Crippen molar-refractivity contribution < 1.29 is 9.72 Å². The number of aryl methyl sites for hydroxylation is 1. The number of hydrogen-bond donors (Lipinski definition) is 1. The molecule has 2 aromatic carbocycles. The summed E-state index contributed by atoms with van der Waals surface area (Å²) in [6.45, 7) is 3.93. The van der Waals surface area contributed by atoms with Crippen molar-refractivity contribution in [2.45, 2.75) is 20.3 Å². The molecule has 3 rings (SSSR count). The van der Waals surface area contributed by atoms with Crippen LogP contribution in [0.1, 0.15) is 22.5 Å². The average Bonchev–Trinajstić information content (AvgIpc) is 2.96. The molecule has 1 amide bonds. The van der Waals surface area contributed by atoms with Crippen LogP contribution in [0, 0.1) is 24.0 Å². The highest BCUT2D eigenvalue weighted by Gasteiger charge is 2.15. The minimum absolute atomic E-state index is 0.0851. The first-order valence-electron chi connectivity index (χ1n) is 8.86. The number of nitro groups is 1. The lowest BCUT2D eigenvalue weighted by Crippen LogP contribution is -2.20. The topological polar surface area (TPSA) is 89.5 Å². The van der Waals surface area contributed by atoms with Gasteiger partial charge in [0.2, 0.25) is 5.91 Å². The minimum Gasteiger partial charge on any atom is -0.318 e. The van der Waals surface area contributed by atoms with Crippen LogP contribution in [-0.2, 0) is 11.2 Å². The molecule has 7 nitrogen and oxygen atoms in total. The quantitative estimate of drug-likeness (QED) is 0.372. The number of rotatable bonds is 6. The highest BCUT2D eigenvalue weighted by atomic mass is 35.5. The number of nitro benzene ring substituents is 1. The Bertz CT molecular complexity index is 1090. The minimum atomic E-state index is -0.502. The number of amides is 1. The predicted molar refractivity (Wildman–Crippen MR) is 113 cm³/mol. The van der Waals surface area contributed by atoms with Gasteiger partial charge in [0.1, 0.15) is 0 Å². The molecule has 0 aliphatic rings. The van der Waals surface area contributed by atoms with Crippen LogP contribution in [0.4, 0.5) is 5.69 Å². The molecule has 1 heterocycles. The van der Waals surface area contributed by atoms with Crippen LogP contribution >= 0.6 is 11.6 Å². The van der Waals surface area contributed by atoms with Crippen LogP contribution in [0.5, 0.6) is 0 Å². The SMILES string of the molecule is Cc1cc(C=NNC(=O)Cc2ccccc2[N+](=O)[O-])c(C)n1-c1ccc(Cl)cc1. The Morgan fingerprint density at radius 2 is 1.90 bits per heavy atom. The Kier molecular flexibility index (Phi) is 6.09. The summed E-state index contributed by atoms with van der Waals surface area (Å²) in [7, 11) is 0. The van der Waals surface area contributed by atoms with Gasteiger partial charge in [0.25, 0.3) is 5.69 Å². The van der Waals surface area contributed by atoms with Crippen molar-refractivity contribution in [2.24, 2.45) is 5.10 Å². The molecule has 148 valence electrons. The molecule has 0 aliphatic heterocycles. The van der Waals surface area contributed by atoms with E-state index < -0.39 is 10.8 Å². The second-order valence-corrected chi connectivity index (χ2v) is 6.93. The maximum absolute atomic E-state index is 12.1. The van der Waals surface area contributed by atoms with Gasteiger partial charge < -0.3 is 4.57 Å². The largest absolute Gasteiger partial charge is 0.318 e. The van der Waals surface area contributed by atoms with E-state index in [1.165, 1.54) is 6.07 Å². The Morgan fingerprint density at radius 1 is 1.21 bits per heavy atom. The zero-order chi connectivity index (χ0) is 21.0. The van der Waals surface area contributed by atoms with Crippen molar-refractivity contribution in [3.8, 4) is 5.69 Å². The van der Waals surface area contributed by atoms with Gasteiger partial charge in [-0.05, 0) is 44.2 Å². The summed E-state index contributed by atoms with van der Waals surface area (Å²) in [5, 5.41) is 15.7. The molecule has 1 N–H and O–H groups in total. The normalized spacial score (nSPS) is 11.0. The molecule has 29 heavy (non-hydrogen) atoms. The summed E-state index contributed by atoms with van der Waals surface area (Å²) >= 11 is 5.96. The summed E-state index contributed by atoms with van der Waals surface area (Å²) in [5.41, 5.74) is 6.48. The average molecular weight is 411 g/mol. The van der Waals surface area contributed by atoms with Gasteiger partial charge in [-0.1, -0.05) is 29.8 Å². The van der Waals surface area contributed by atoms with Gasteiger partial charge in [0.05, 0.1) is 17.6 Å². The lowest BCUT2D eigenvalue weighted by molar-refractivity contribution is -0.385. The number of carbonyl (C=O) groups is 1. The monoisotopic (exact) mass is 410 g/mol. The van der Waals surface area contributed by atoms with Crippen LogP contribution in [-0.4, -0.2) is 21.6 Å². The second kappa shape index (κ2) is 8.70. The fourth-order valence-electron chi connectivity index (χ4n) is 3.13. The van der Waals surface area contributed by atoms with Crippen molar-refractivity contribution in [1.82, 2.24) is 9.99 Å². The zero-order valence-electron chi connectivity index (χ0n) is 15.9. The molecule has 1 aromatic heterocycles. The van der Waals surface area contributed by atoms with Crippen LogP contribution < -0.4 is 5.43 Å². The number of halogens is 1. The standard InChI is InChI=1S/C21H19ClN4O3/c1-14-11-17(15(2)25(14)19-9-7-18(22)8-10-19)13-23-24-21(27)12-16-5-3-4-6-20(16)26(28)29/h3-11,13H,12H2,1-2H3,(H,24,27). The summed E-state index contributed by atoms with van der Waals surface area (Å²) in [6.07, 6.45) is 1.43. The van der Waals surface area contributed by atoms with Crippen LogP contribution in [0.3, 0.4) is 0 Å². The van der Waals surface area contributed by atoms with E-state index in [-0.39, 0.29) is 12.1 Å². The summed E-state index contributed by atoms with van der Waals surface area (Å²) < 4.78 is 2.06. The Labute approximate surface area is 172 Å². The van der Waals surface area contributed by atoms with E-state index in [1.54, 1.807) is 24.4 Å². The van der Waals surface area contributed by atoms with Crippen LogP contribution in [0.25, 0.3) is 5.69 Å². The van der Waals surface area contributed by atoms with Crippen LogP contribution in [0.2, 0.25) is 5.02 Å². The van der Waals surface area contributed by atoms with Crippen molar-refractivity contribution in [3.05, 3.63) is 92.2 Å². The molecule has 0 saturated heterocycles. The lowest BCUT2D eigenvalue weighted by atomic mass is 10.1. The molecule has 0 atom stereocenters. The van der Waals surface area contributed by atoms with E-state index in [1.807, 2.05) is 44.2 Å². The van der Waals surface area contributed by atoms with E-state index in [9.17, 15) is 14.9 Å². The first kappa shape index (κ1) is 20.3. The summed E-state index contributed by atoms with van der Waals surface area (Å²) in [6, 6.07) is 15.6. The lowest BCUT2D eigenvalue weighted by Gasteiger charge is -2.09. The smallest absolute Gasteiger partial charge is 0.273 e. The van der Waals surface area contributed by atoms with Crippen molar-refractivity contribution >= 4 is 29.4 Å². The molecule has 0 radical (unpaired) electrons. The molecule has 0 aliphatic carbocycles. The van der Waals surface area contributed by atoms with Gasteiger partial charge in [-0.2, -0.15) is 5.10 Å².